The highest BCUT2D eigenvalue weighted by Gasteiger charge is 2.31. The number of nitrogens with zero attached hydrogens (tertiary/aromatic N) is 1. The van der Waals surface area contributed by atoms with Crippen LogP contribution in [0.2, 0.25) is 0 Å². The Labute approximate surface area is 123 Å². The molecule has 0 aromatic heterocycles. The van der Waals surface area contributed by atoms with Gasteiger partial charge >= 0.3 is 0 Å². The van der Waals surface area contributed by atoms with Crippen LogP contribution >= 0.6 is 0 Å². The Morgan fingerprint density at radius 1 is 1.30 bits per heavy atom. The van der Waals surface area contributed by atoms with E-state index in [2.05, 4.69) is 36.3 Å². The van der Waals surface area contributed by atoms with Gasteiger partial charge < -0.3 is 15.3 Å². The number of aliphatic hydroxyl groups is 1. The lowest BCUT2D eigenvalue weighted by Gasteiger charge is -2.35. The van der Waals surface area contributed by atoms with E-state index in [-0.39, 0.29) is 12.1 Å². The molecule has 1 atom stereocenters. The molecule has 112 valence electrons. The van der Waals surface area contributed by atoms with E-state index in [4.69, 9.17) is 0 Å². The fraction of sp³-hybridized carbons (Fsp3) is 0.647. The van der Waals surface area contributed by atoms with E-state index in [1.807, 2.05) is 18.2 Å². The number of nitrogens with one attached hydrogen (secondary N) is 1. The maximum absolute atomic E-state index is 9.99. The van der Waals surface area contributed by atoms with Gasteiger partial charge in [0.05, 0.1) is 12.1 Å². The number of likely N-dealkylation sites (N-methyl/N-ethyl adjacent to an activating group) is 1. The predicted molar refractivity (Wildman–Crippen MR) is 83.7 cm³/mol. The second-order valence-corrected chi connectivity index (χ2v) is 6.09. The zero-order valence-electron chi connectivity index (χ0n) is 12.8. The molecule has 3 nitrogen and oxygen atoms in total. The summed E-state index contributed by atoms with van der Waals surface area (Å²) in [5.41, 5.74) is 0.873. The molecule has 2 N–H and O–H groups in total. The Kier molecular flexibility index (Phi) is 5.58. The highest BCUT2D eigenvalue weighted by Crippen LogP contribution is 2.30. The lowest BCUT2D eigenvalue weighted by atomic mass is 9.87. The molecule has 1 saturated carbocycles. The molecule has 0 heterocycles. The molecule has 0 amide bonds. The van der Waals surface area contributed by atoms with Crippen LogP contribution in [0.5, 0.6) is 0 Å². The van der Waals surface area contributed by atoms with Crippen LogP contribution in [-0.4, -0.2) is 43.3 Å². The van der Waals surface area contributed by atoms with Crippen LogP contribution in [0.15, 0.2) is 30.3 Å². The summed E-state index contributed by atoms with van der Waals surface area (Å²) >= 11 is 0. The maximum atomic E-state index is 9.99. The summed E-state index contributed by atoms with van der Waals surface area (Å²) in [7, 11) is 2.19. The fourth-order valence-corrected chi connectivity index (χ4v) is 2.87. The van der Waals surface area contributed by atoms with Crippen LogP contribution in [0.4, 0.5) is 0 Å². The first kappa shape index (κ1) is 15.5. The molecule has 0 bridgehead atoms. The fourth-order valence-electron chi connectivity index (χ4n) is 2.87. The third kappa shape index (κ3) is 4.05. The Morgan fingerprint density at radius 2 is 2.00 bits per heavy atom. The molecule has 3 heteroatoms. The number of hydrogen-bond donors (Lipinski definition) is 2. The third-order valence-corrected chi connectivity index (χ3v) is 4.30. The molecule has 20 heavy (non-hydrogen) atoms. The van der Waals surface area contributed by atoms with Crippen LogP contribution in [0.25, 0.3) is 0 Å². The van der Waals surface area contributed by atoms with Crippen molar-refractivity contribution in [2.45, 2.75) is 31.7 Å². The van der Waals surface area contributed by atoms with Crippen molar-refractivity contribution in [3.05, 3.63) is 35.9 Å². The summed E-state index contributed by atoms with van der Waals surface area (Å²) < 4.78 is 0. The average Bonchev–Trinajstić information content (AvgIpc) is 3.28. The van der Waals surface area contributed by atoms with Gasteiger partial charge in [-0.25, -0.2) is 0 Å². The molecule has 1 aromatic carbocycles. The van der Waals surface area contributed by atoms with Gasteiger partial charge in [-0.3, -0.25) is 0 Å². The van der Waals surface area contributed by atoms with E-state index in [9.17, 15) is 5.11 Å². The lowest BCUT2D eigenvalue weighted by Crippen LogP contribution is -2.47. The zero-order valence-corrected chi connectivity index (χ0v) is 12.8. The quantitative estimate of drug-likeness (QED) is 0.726. The lowest BCUT2D eigenvalue weighted by molar-refractivity contribution is 0.137. The van der Waals surface area contributed by atoms with E-state index >= 15 is 0 Å². The van der Waals surface area contributed by atoms with Gasteiger partial charge in [0.15, 0.2) is 0 Å². The van der Waals surface area contributed by atoms with Crippen molar-refractivity contribution in [1.29, 1.82) is 0 Å². The Bertz CT molecular complexity index is 391. The summed E-state index contributed by atoms with van der Waals surface area (Å²) in [4.78, 5) is 2.41. The minimum Gasteiger partial charge on any atom is -0.394 e. The minimum atomic E-state index is -0.312. The highest BCUT2D eigenvalue weighted by atomic mass is 16.3. The summed E-state index contributed by atoms with van der Waals surface area (Å²) in [6.45, 7) is 5.31. The van der Waals surface area contributed by atoms with Gasteiger partial charge in [0.2, 0.25) is 0 Å². The van der Waals surface area contributed by atoms with Crippen LogP contribution in [0, 0.1) is 5.92 Å². The summed E-state index contributed by atoms with van der Waals surface area (Å²) in [6.07, 6.45) is 3.72. The van der Waals surface area contributed by atoms with E-state index in [1.54, 1.807) is 0 Å². The molecule has 1 aliphatic rings. The number of benzene rings is 1. The molecule has 0 radical (unpaired) electrons. The van der Waals surface area contributed by atoms with E-state index in [0.29, 0.717) is 0 Å². The van der Waals surface area contributed by atoms with Gasteiger partial charge in [0, 0.05) is 13.1 Å². The van der Waals surface area contributed by atoms with Crippen molar-refractivity contribution in [3.8, 4) is 0 Å². The number of hydrogen-bond acceptors (Lipinski definition) is 3. The van der Waals surface area contributed by atoms with Crippen molar-refractivity contribution in [1.82, 2.24) is 10.2 Å². The molecular weight excluding hydrogens is 248 g/mol. The summed E-state index contributed by atoms with van der Waals surface area (Å²) in [5, 5.41) is 13.5. The van der Waals surface area contributed by atoms with E-state index in [1.165, 1.54) is 24.9 Å². The SMILES string of the molecule is CCNC(CO)(CCN(C)CC1CC1)c1ccccc1. The second kappa shape index (κ2) is 7.21. The predicted octanol–water partition coefficient (Wildman–Crippen LogP) is 2.22. The van der Waals surface area contributed by atoms with Gasteiger partial charge in [-0.1, -0.05) is 37.3 Å². The first-order valence-electron chi connectivity index (χ1n) is 7.80. The third-order valence-electron chi connectivity index (χ3n) is 4.30. The van der Waals surface area contributed by atoms with Gasteiger partial charge in [0.25, 0.3) is 0 Å². The van der Waals surface area contributed by atoms with Gasteiger partial charge in [-0.15, -0.1) is 0 Å². The van der Waals surface area contributed by atoms with Crippen molar-refractivity contribution in [2.75, 3.05) is 33.3 Å². The number of rotatable bonds is 9. The molecule has 1 aromatic rings. The van der Waals surface area contributed by atoms with Crippen LogP contribution in [-0.2, 0) is 5.54 Å². The normalized spacial score (nSPS) is 18.2. The molecular formula is C17H28N2O. The maximum Gasteiger partial charge on any atom is 0.0681 e. The number of aliphatic hydroxyl groups excluding tert-OH is 1. The molecule has 1 fully saturated rings. The Hall–Kier alpha value is -0.900. The second-order valence-electron chi connectivity index (χ2n) is 6.09. The monoisotopic (exact) mass is 276 g/mol. The molecule has 0 saturated heterocycles. The zero-order chi connectivity index (χ0) is 14.4. The highest BCUT2D eigenvalue weighted by molar-refractivity contribution is 5.24. The molecule has 1 unspecified atom stereocenters. The summed E-state index contributed by atoms with van der Waals surface area (Å²) in [6, 6.07) is 10.3. The topological polar surface area (TPSA) is 35.5 Å². The van der Waals surface area contributed by atoms with Gasteiger partial charge in [-0.2, -0.15) is 0 Å². The smallest absolute Gasteiger partial charge is 0.0681 e. The van der Waals surface area contributed by atoms with Gasteiger partial charge in [-0.05, 0) is 44.3 Å². The minimum absolute atomic E-state index is 0.141. The standard InChI is InChI=1S/C17H28N2O/c1-3-18-17(14-20,16-7-5-4-6-8-16)11-12-19(2)13-15-9-10-15/h4-8,15,18,20H,3,9-14H2,1-2H3. The first-order valence-corrected chi connectivity index (χ1v) is 7.80. The molecule has 0 aliphatic heterocycles. The van der Waals surface area contributed by atoms with Crippen molar-refractivity contribution >= 4 is 0 Å². The Balaban J connectivity index is 2.01. The van der Waals surface area contributed by atoms with Crippen molar-refractivity contribution in [2.24, 2.45) is 5.92 Å². The van der Waals surface area contributed by atoms with Crippen molar-refractivity contribution < 1.29 is 5.11 Å². The van der Waals surface area contributed by atoms with E-state index in [0.717, 1.165) is 25.4 Å². The van der Waals surface area contributed by atoms with Gasteiger partial charge in [0.1, 0.15) is 0 Å². The average molecular weight is 276 g/mol. The molecule has 0 spiro atoms. The molecule has 1 aliphatic carbocycles. The van der Waals surface area contributed by atoms with Crippen LogP contribution < -0.4 is 5.32 Å². The largest absolute Gasteiger partial charge is 0.394 e. The Morgan fingerprint density at radius 3 is 2.55 bits per heavy atom. The molecule has 2 rings (SSSR count). The van der Waals surface area contributed by atoms with Crippen LogP contribution in [0.1, 0.15) is 31.7 Å². The van der Waals surface area contributed by atoms with Crippen LogP contribution in [0.3, 0.4) is 0 Å². The van der Waals surface area contributed by atoms with E-state index < -0.39 is 0 Å². The summed E-state index contributed by atoms with van der Waals surface area (Å²) in [5.74, 6) is 0.916. The van der Waals surface area contributed by atoms with Crippen molar-refractivity contribution in [3.63, 3.8) is 0 Å². The first-order chi connectivity index (χ1) is 9.70.